The summed E-state index contributed by atoms with van der Waals surface area (Å²) in [6.45, 7) is 4.39. The first-order valence-corrected chi connectivity index (χ1v) is 8.29. The Labute approximate surface area is 140 Å². The largest absolute Gasteiger partial charge is 0.272 e. The molecule has 0 amide bonds. The number of hydrogen-bond donors (Lipinski definition) is 1. The zero-order chi connectivity index (χ0) is 16.1. The molecule has 116 valence electrons. The van der Waals surface area contributed by atoms with E-state index in [2.05, 4.69) is 15.2 Å². The van der Waals surface area contributed by atoms with Crippen LogP contribution in [-0.4, -0.2) is 24.1 Å². The van der Waals surface area contributed by atoms with Gasteiger partial charge in [-0.3, -0.25) is 14.3 Å². The van der Waals surface area contributed by atoms with Gasteiger partial charge >= 0.3 is 0 Å². The SMILES string of the molecule is Cc1sc2c(c1C)c(=O)n(Cc1cccnc1)c1n[nH]c(=S)n21. The number of nitrogens with zero attached hydrogens (tertiary/aromatic N) is 4. The number of rotatable bonds is 2. The molecule has 0 unspecified atom stereocenters. The molecule has 6 nitrogen and oxygen atoms in total. The Kier molecular flexibility index (Phi) is 3.17. The number of pyridine rings is 1. The number of hydrogen-bond acceptors (Lipinski definition) is 5. The van der Waals surface area contributed by atoms with Crippen molar-refractivity contribution in [2.45, 2.75) is 20.4 Å². The van der Waals surface area contributed by atoms with Crippen LogP contribution in [0.25, 0.3) is 16.0 Å². The molecule has 0 bridgehead atoms. The fourth-order valence-corrected chi connectivity index (χ4v) is 4.14. The maximum atomic E-state index is 13.0. The molecule has 4 aromatic heterocycles. The third-order valence-corrected chi connectivity index (χ3v) is 5.45. The zero-order valence-corrected chi connectivity index (χ0v) is 14.2. The van der Waals surface area contributed by atoms with Gasteiger partial charge in [-0.15, -0.1) is 16.4 Å². The molecule has 8 heteroatoms. The summed E-state index contributed by atoms with van der Waals surface area (Å²) in [5.74, 6) is 0.526. The van der Waals surface area contributed by atoms with Gasteiger partial charge in [-0.1, -0.05) is 6.07 Å². The van der Waals surface area contributed by atoms with Crippen LogP contribution in [0.2, 0.25) is 0 Å². The molecule has 0 radical (unpaired) electrons. The number of H-pyrrole nitrogens is 1. The lowest BCUT2D eigenvalue weighted by Gasteiger charge is -2.08. The maximum absolute atomic E-state index is 13.0. The average Bonchev–Trinajstić information content (AvgIpc) is 3.06. The van der Waals surface area contributed by atoms with Crippen molar-refractivity contribution in [3.63, 3.8) is 0 Å². The van der Waals surface area contributed by atoms with E-state index in [0.717, 1.165) is 20.8 Å². The topological polar surface area (TPSA) is 68.0 Å². The van der Waals surface area contributed by atoms with E-state index in [1.165, 1.54) is 0 Å². The minimum atomic E-state index is -0.0489. The summed E-state index contributed by atoms with van der Waals surface area (Å²) in [7, 11) is 0. The monoisotopic (exact) mass is 343 g/mol. The fraction of sp³-hybridized carbons (Fsp3) is 0.200. The fourth-order valence-electron chi connectivity index (χ4n) is 2.71. The van der Waals surface area contributed by atoms with E-state index >= 15 is 0 Å². The molecule has 0 spiro atoms. The molecule has 1 N–H and O–H groups in total. The molecule has 0 aliphatic rings. The first-order chi connectivity index (χ1) is 11.1. The smallest absolute Gasteiger partial charge is 0.264 e. The Morgan fingerprint density at radius 3 is 2.96 bits per heavy atom. The lowest BCUT2D eigenvalue weighted by Crippen LogP contribution is -2.23. The maximum Gasteiger partial charge on any atom is 0.264 e. The van der Waals surface area contributed by atoms with Crippen LogP contribution in [0.4, 0.5) is 0 Å². The third-order valence-electron chi connectivity index (χ3n) is 3.99. The lowest BCUT2D eigenvalue weighted by atomic mass is 10.2. The number of fused-ring (bicyclic) bond motifs is 3. The molecule has 0 saturated heterocycles. The minimum absolute atomic E-state index is 0.0489. The van der Waals surface area contributed by atoms with E-state index < -0.39 is 0 Å². The van der Waals surface area contributed by atoms with Gasteiger partial charge in [0.25, 0.3) is 5.56 Å². The van der Waals surface area contributed by atoms with Crippen LogP contribution in [0, 0.1) is 18.6 Å². The highest BCUT2D eigenvalue weighted by atomic mass is 32.1. The first kappa shape index (κ1) is 14.3. The molecule has 4 rings (SSSR count). The molecule has 0 atom stereocenters. The van der Waals surface area contributed by atoms with Gasteiger partial charge in [0.15, 0.2) is 0 Å². The molecule has 4 aromatic rings. The molecule has 0 aromatic carbocycles. The summed E-state index contributed by atoms with van der Waals surface area (Å²) >= 11 is 6.93. The van der Waals surface area contributed by atoms with Crippen molar-refractivity contribution in [1.29, 1.82) is 0 Å². The Morgan fingerprint density at radius 1 is 1.39 bits per heavy atom. The van der Waals surface area contributed by atoms with E-state index in [4.69, 9.17) is 12.2 Å². The first-order valence-electron chi connectivity index (χ1n) is 7.06. The molecule has 0 saturated carbocycles. The summed E-state index contributed by atoms with van der Waals surface area (Å²) in [4.78, 5) is 19.1. The number of nitrogens with one attached hydrogen (secondary N) is 1. The molecule has 0 aliphatic carbocycles. The van der Waals surface area contributed by atoms with Gasteiger partial charge in [0.1, 0.15) is 4.83 Å². The highest BCUT2D eigenvalue weighted by molar-refractivity contribution is 7.71. The summed E-state index contributed by atoms with van der Waals surface area (Å²) < 4.78 is 3.98. The highest BCUT2D eigenvalue weighted by Gasteiger charge is 2.18. The van der Waals surface area contributed by atoms with Crippen molar-refractivity contribution in [2.75, 3.05) is 0 Å². The molecular weight excluding hydrogens is 330 g/mol. The van der Waals surface area contributed by atoms with Crippen molar-refractivity contribution < 1.29 is 0 Å². The summed E-state index contributed by atoms with van der Waals surface area (Å²) in [6, 6.07) is 3.79. The summed E-state index contributed by atoms with van der Waals surface area (Å²) in [5.41, 5.74) is 1.89. The Bertz CT molecular complexity index is 1150. The predicted molar refractivity (Wildman–Crippen MR) is 92.8 cm³/mol. The molecule has 0 aliphatic heterocycles. The second kappa shape index (κ2) is 5.10. The van der Waals surface area contributed by atoms with Gasteiger partial charge in [-0.2, -0.15) is 0 Å². The van der Waals surface area contributed by atoms with E-state index in [1.54, 1.807) is 28.3 Å². The standard InChI is InChI=1S/C15H13N5OS2/c1-8-9(2)23-13-11(8)12(21)19(7-10-4-3-5-16-6-10)14-17-18-15(22)20(13)14/h3-6H,7H2,1-2H3,(H,18,22). The second-order valence-corrected chi connectivity index (χ2v) is 6.97. The van der Waals surface area contributed by atoms with E-state index in [9.17, 15) is 4.79 Å². The van der Waals surface area contributed by atoms with Crippen LogP contribution in [0.5, 0.6) is 0 Å². The Balaban J connectivity index is 2.14. The van der Waals surface area contributed by atoms with Crippen molar-refractivity contribution in [1.82, 2.24) is 24.1 Å². The molecule has 0 fully saturated rings. The summed E-state index contributed by atoms with van der Waals surface area (Å²) in [6.07, 6.45) is 3.46. The van der Waals surface area contributed by atoms with E-state index in [1.807, 2.05) is 30.4 Å². The van der Waals surface area contributed by atoms with Crippen molar-refractivity contribution in [3.8, 4) is 0 Å². The second-order valence-electron chi connectivity index (χ2n) is 5.38. The van der Waals surface area contributed by atoms with Crippen molar-refractivity contribution in [3.05, 3.63) is 55.7 Å². The predicted octanol–water partition coefficient (Wildman–Crippen LogP) is 2.83. The molecular formula is C15H13N5OS2. The van der Waals surface area contributed by atoms with Crippen molar-refractivity contribution in [2.24, 2.45) is 0 Å². The van der Waals surface area contributed by atoms with Crippen LogP contribution >= 0.6 is 23.6 Å². The molecule has 4 heterocycles. The van der Waals surface area contributed by atoms with Gasteiger partial charge in [0, 0.05) is 17.3 Å². The summed E-state index contributed by atoms with van der Waals surface area (Å²) in [5, 5.41) is 7.77. The minimum Gasteiger partial charge on any atom is -0.272 e. The number of aryl methyl sites for hydroxylation is 2. The number of aromatic amines is 1. The molecule has 23 heavy (non-hydrogen) atoms. The van der Waals surface area contributed by atoms with E-state index in [0.29, 0.717) is 22.5 Å². The van der Waals surface area contributed by atoms with Gasteiger partial charge in [-0.25, -0.2) is 9.50 Å². The Morgan fingerprint density at radius 2 is 2.22 bits per heavy atom. The van der Waals surface area contributed by atoms with Gasteiger partial charge in [0.05, 0.1) is 11.9 Å². The third kappa shape index (κ3) is 2.06. The quantitative estimate of drug-likeness (QED) is 0.568. The number of aromatic nitrogens is 5. The lowest BCUT2D eigenvalue weighted by molar-refractivity contribution is 0.764. The number of thiophene rings is 1. The van der Waals surface area contributed by atoms with Crippen LogP contribution in [-0.2, 0) is 6.54 Å². The van der Waals surface area contributed by atoms with Gasteiger partial charge in [0.2, 0.25) is 10.5 Å². The highest BCUT2D eigenvalue weighted by Crippen LogP contribution is 2.28. The Hall–Kier alpha value is -2.32. The van der Waals surface area contributed by atoms with Crippen LogP contribution in [0.15, 0.2) is 29.3 Å². The van der Waals surface area contributed by atoms with Crippen molar-refractivity contribution >= 4 is 39.5 Å². The van der Waals surface area contributed by atoms with E-state index in [-0.39, 0.29) is 5.56 Å². The van der Waals surface area contributed by atoms with Crippen LogP contribution in [0.1, 0.15) is 16.0 Å². The van der Waals surface area contributed by atoms with Gasteiger partial charge < -0.3 is 0 Å². The normalized spacial score (nSPS) is 11.6. The van der Waals surface area contributed by atoms with Gasteiger partial charge in [-0.05, 0) is 43.3 Å². The zero-order valence-electron chi connectivity index (χ0n) is 12.5. The average molecular weight is 343 g/mol. The van der Waals surface area contributed by atoms with Crippen LogP contribution in [0.3, 0.4) is 0 Å². The van der Waals surface area contributed by atoms with Crippen LogP contribution < -0.4 is 5.56 Å².